The second kappa shape index (κ2) is 7.73. The lowest BCUT2D eigenvalue weighted by molar-refractivity contribution is 0.0953. The number of aryl methyl sites for hydroxylation is 3. The average molecular weight is 325 g/mol. The number of rotatable bonds is 5. The van der Waals surface area contributed by atoms with Crippen molar-refractivity contribution < 1.29 is 9.59 Å². The standard InChI is InChI=1S/C19H23N3O2/c1-5-6-21-18(23)15-9-16(11-20-10-15)19(24)22-17-13(3)7-12(2)8-14(17)4/h7-11H,5-6H2,1-4H3,(H,21,23)(H,22,24). The van der Waals surface area contributed by atoms with Crippen LogP contribution >= 0.6 is 0 Å². The van der Waals surface area contributed by atoms with E-state index in [-0.39, 0.29) is 11.8 Å². The third kappa shape index (κ3) is 4.19. The Hall–Kier alpha value is -2.69. The third-order valence-corrected chi connectivity index (χ3v) is 3.71. The Kier molecular flexibility index (Phi) is 5.68. The second-order valence-corrected chi connectivity index (χ2v) is 5.95. The van der Waals surface area contributed by atoms with Crippen molar-refractivity contribution in [2.75, 3.05) is 11.9 Å². The van der Waals surface area contributed by atoms with E-state index in [9.17, 15) is 9.59 Å². The van der Waals surface area contributed by atoms with Gasteiger partial charge in [0.1, 0.15) is 0 Å². The van der Waals surface area contributed by atoms with Gasteiger partial charge in [0, 0.05) is 24.6 Å². The van der Waals surface area contributed by atoms with E-state index in [1.807, 2.05) is 39.8 Å². The summed E-state index contributed by atoms with van der Waals surface area (Å²) < 4.78 is 0. The zero-order valence-corrected chi connectivity index (χ0v) is 14.6. The molecule has 5 nitrogen and oxygen atoms in total. The predicted molar refractivity (Wildman–Crippen MR) is 95.5 cm³/mol. The molecule has 126 valence electrons. The summed E-state index contributed by atoms with van der Waals surface area (Å²) in [6.45, 7) is 8.52. The maximum Gasteiger partial charge on any atom is 0.257 e. The molecule has 0 saturated heterocycles. The molecule has 2 amide bonds. The molecule has 24 heavy (non-hydrogen) atoms. The summed E-state index contributed by atoms with van der Waals surface area (Å²) in [7, 11) is 0. The monoisotopic (exact) mass is 325 g/mol. The Labute approximate surface area is 142 Å². The van der Waals surface area contributed by atoms with Crippen LogP contribution < -0.4 is 10.6 Å². The van der Waals surface area contributed by atoms with Crippen LogP contribution in [0, 0.1) is 20.8 Å². The fourth-order valence-corrected chi connectivity index (χ4v) is 2.59. The van der Waals surface area contributed by atoms with Gasteiger partial charge >= 0.3 is 0 Å². The van der Waals surface area contributed by atoms with Crippen LogP contribution in [0.15, 0.2) is 30.6 Å². The van der Waals surface area contributed by atoms with Gasteiger partial charge in [0.15, 0.2) is 0 Å². The van der Waals surface area contributed by atoms with Crippen LogP contribution in [0.5, 0.6) is 0 Å². The largest absolute Gasteiger partial charge is 0.352 e. The molecule has 0 saturated carbocycles. The van der Waals surface area contributed by atoms with Gasteiger partial charge in [-0.05, 0) is 44.4 Å². The quantitative estimate of drug-likeness (QED) is 0.885. The second-order valence-electron chi connectivity index (χ2n) is 5.95. The predicted octanol–water partition coefficient (Wildman–Crippen LogP) is 3.40. The lowest BCUT2D eigenvalue weighted by Crippen LogP contribution is -2.24. The Morgan fingerprint density at radius 1 is 0.958 bits per heavy atom. The Balaban J connectivity index is 2.20. The highest BCUT2D eigenvalue weighted by atomic mass is 16.2. The number of carbonyl (C=O) groups excluding carboxylic acids is 2. The fourth-order valence-electron chi connectivity index (χ4n) is 2.59. The minimum Gasteiger partial charge on any atom is -0.352 e. The first-order valence-corrected chi connectivity index (χ1v) is 8.04. The van der Waals surface area contributed by atoms with Gasteiger partial charge in [-0.1, -0.05) is 24.6 Å². The normalized spacial score (nSPS) is 10.3. The van der Waals surface area contributed by atoms with Gasteiger partial charge in [-0.2, -0.15) is 0 Å². The van der Waals surface area contributed by atoms with Crippen molar-refractivity contribution in [1.29, 1.82) is 0 Å². The topological polar surface area (TPSA) is 71.1 Å². The van der Waals surface area contributed by atoms with Gasteiger partial charge in [-0.25, -0.2) is 0 Å². The van der Waals surface area contributed by atoms with Crippen molar-refractivity contribution in [2.24, 2.45) is 0 Å². The van der Waals surface area contributed by atoms with E-state index in [2.05, 4.69) is 15.6 Å². The first-order chi connectivity index (χ1) is 11.4. The Morgan fingerprint density at radius 2 is 1.54 bits per heavy atom. The van der Waals surface area contributed by atoms with Crippen LogP contribution in [-0.2, 0) is 0 Å². The molecule has 0 spiro atoms. The van der Waals surface area contributed by atoms with E-state index < -0.39 is 0 Å². The highest BCUT2D eigenvalue weighted by Crippen LogP contribution is 2.22. The molecule has 0 unspecified atom stereocenters. The van der Waals surface area contributed by atoms with Crippen LogP contribution in [0.1, 0.15) is 50.8 Å². The van der Waals surface area contributed by atoms with E-state index >= 15 is 0 Å². The van der Waals surface area contributed by atoms with E-state index in [0.717, 1.165) is 28.8 Å². The zero-order valence-electron chi connectivity index (χ0n) is 14.6. The van der Waals surface area contributed by atoms with Gasteiger partial charge in [0.25, 0.3) is 11.8 Å². The molecule has 0 aliphatic heterocycles. The number of amides is 2. The van der Waals surface area contributed by atoms with Gasteiger partial charge in [0.05, 0.1) is 11.1 Å². The molecule has 1 aromatic heterocycles. The zero-order chi connectivity index (χ0) is 17.7. The summed E-state index contributed by atoms with van der Waals surface area (Å²) in [6.07, 6.45) is 3.78. The van der Waals surface area contributed by atoms with Crippen LogP contribution in [-0.4, -0.2) is 23.3 Å². The summed E-state index contributed by atoms with van der Waals surface area (Å²) in [5, 5.41) is 5.70. The number of anilines is 1. The summed E-state index contributed by atoms with van der Waals surface area (Å²) >= 11 is 0. The number of hydrogen-bond donors (Lipinski definition) is 2. The lowest BCUT2D eigenvalue weighted by Gasteiger charge is -2.13. The number of carbonyl (C=O) groups is 2. The number of nitrogens with zero attached hydrogens (tertiary/aromatic N) is 1. The van der Waals surface area contributed by atoms with Crippen LogP contribution in [0.25, 0.3) is 0 Å². The highest BCUT2D eigenvalue weighted by molar-refractivity contribution is 6.06. The molecule has 2 aromatic rings. The van der Waals surface area contributed by atoms with Crippen molar-refractivity contribution in [3.63, 3.8) is 0 Å². The molecule has 5 heteroatoms. The average Bonchev–Trinajstić information content (AvgIpc) is 2.55. The maximum atomic E-state index is 12.5. The van der Waals surface area contributed by atoms with Gasteiger partial charge in [0.2, 0.25) is 0 Å². The summed E-state index contributed by atoms with van der Waals surface area (Å²) in [4.78, 5) is 28.5. The number of pyridine rings is 1. The number of hydrogen-bond acceptors (Lipinski definition) is 3. The molecular weight excluding hydrogens is 302 g/mol. The van der Waals surface area contributed by atoms with Crippen molar-refractivity contribution in [1.82, 2.24) is 10.3 Å². The highest BCUT2D eigenvalue weighted by Gasteiger charge is 2.13. The van der Waals surface area contributed by atoms with Crippen LogP contribution in [0.2, 0.25) is 0 Å². The van der Waals surface area contributed by atoms with E-state index in [1.165, 1.54) is 12.4 Å². The maximum absolute atomic E-state index is 12.5. The number of benzene rings is 1. The van der Waals surface area contributed by atoms with Crippen molar-refractivity contribution in [2.45, 2.75) is 34.1 Å². The summed E-state index contributed by atoms with van der Waals surface area (Å²) in [6, 6.07) is 5.61. The van der Waals surface area contributed by atoms with Gasteiger partial charge in [-0.3, -0.25) is 14.6 Å². The number of nitrogens with one attached hydrogen (secondary N) is 2. The summed E-state index contributed by atoms with van der Waals surface area (Å²) in [5.74, 6) is -0.496. The van der Waals surface area contributed by atoms with Gasteiger partial charge < -0.3 is 10.6 Å². The summed E-state index contributed by atoms with van der Waals surface area (Å²) in [5.41, 5.74) is 4.70. The molecule has 0 atom stereocenters. The van der Waals surface area contributed by atoms with Crippen molar-refractivity contribution >= 4 is 17.5 Å². The molecular formula is C19H23N3O2. The molecule has 0 fully saturated rings. The van der Waals surface area contributed by atoms with Crippen molar-refractivity contribution in [3.8, 4) is 0 Å². The lowest BCUT2D eigenvalue weighted by atomic mass is 10.0. The first-order valence-electron chi connectivity index (χ1n) is 8.04. The molecule has 0 bridgehead atoms. The van der Waals surface area contributed by atoms with Crippen molar-refractivity contribution in [3.05, 3.63) is 58.4 Å². The molecule has 0 aliphatic carbocycles. The minimum absolute atomic E-state index is 0.221. The van der Waals surface area contributed by atoms with Crippen LogP contribution in [0.3, 0.4) is 0 Å². The third-order valence-electron chi connectivity index (χ3n) is 3.71. The molecule has 1 aromatic carbocycles. The fraction of sp³-hybridized carbons (Fsp3) is 0.316. The van der Waals surface area contributed by atoms with Crippen LogP contribution in [0.4, 0.5) is 5.69 Å². The minimum atomic E-state index is -0.275. The number of aromatic nitrogens is 1. The Morgan fingerprint density at radius 3 is 2.12 bits per heavy atom. The molecule has 1 heterocycles. The van der Waals surface area contributed by atoms with E-state index in [1.54, 1.807) is 6.07 Å². The first kappa shape index (κ1) is 17.7. The smallest absolute Gasteiger partial charge is 0.257 e. The van der Waals surface area contributed by atoms with E-state index in [4.69, 9.17) is 0 Å². The molecule has 2 N–H and O–H groups in total. The molecule has 0 radical (unpaired) electrons. The molecule has 2 rings (SSSR count). The van der Waals surface area contributed by atoms with E-state index in [0.29, 0.717) is 17.7 Å². The Bertz CT molecular complexity index is 746. The van der Waals surface area contributed by atoms with Gasteiger partial charge in [-0.15, -0.1) is 0 Å². The SMILES string of the molecule is CCCNC(=O)c1cncc(C(=O)Nc2c(C)cc(C)cc2C)c1. The molecule has 0 aliphatic rings.